The first-order valence-electron chi connectivity index (χ1n) is 5.96. The van der Waals surface area contributed by atoms with E-state index in [0.717, 1.165) is 5.56 Å². The van der Waals surface area contributed by atoms with Crippen molar-refractivity contribution in [2.75, 3.05) is 5.73 Å². The number of halogens is 1. The highest BCUT2D eigenvalue weighted by Crippen LogP contribution is 2.32. The van der Waals surface area contributed by atoms with Crippen LogP contribution in [0.1, 0.15) is 5.56 Å². The second-order valence-corrected chi connectivity index (χ2v) is 4.75. The molecule has 2 aromatic heterocycles. The third kappa shape index (κ3) is 2.23. The first-order chi connectivity index (χ1) is 9.65. The molecule has 20 heavy (non-hydrogen) atoms. The van der Waals surface area contributed by atoms with Crippen LogP contribution in [-0.2, 0) is 0 Å². The summed E-state index contributed by atoms with van der Waals surface area (Å²) in [6.07, 6.45) is 1.70. The average molecular weight is 287 g/mol. The van der Waals surface area contributed by atoms with Gasteiger partial charge in [-0.25, -0.2) is 0 Å². The monoisotopic (exact) mass is 286 g/mol. The second-order valence-electron chi connectivity index (χ2n) is 4.35. The van der Waals surface area contributed by atoms with Gasteiger partial charge in [-0.05, 0) is 36.8 Å². The van der Waals surface area contributed by atoms with Gasteiger partial charge in [0.05, 0.1) is 10.6 Å². The molecule has 5 nitrogen and oxygen atoms in total. The number of hydrogen-bond acceptors (Lipinski definition) is 5. The standard InChI is InChI=1S/C14H11ClN4O/c1-8-5-6-17-11(7-8)13-18-14(20-19-13)12-9(15)3-2-4-10(12)16/h2-7H,16H2,1H3. The molecular weight excluding hydrogens is 276 g/mol. The van der Waals surface area contributed by atoms with Crippen molar-refractivity contribution in [1.29, 1.82) is 0 Å². The highest BCUT2D eigenvalue weighted by Gasteiger charge is 2.16. The van der Waals surface area contributed by atoms with Crippen LogP contribution < -0.4 is 5.73 Å². The lowest BCUT2D eigenvalue weighted by molar-refractivity contribution is 0.432. The quantitative estimate of drug-likeness (QED) is 0.731. The Labute approximate surface area is 120 Å². The van der Waals surface area contributed by atoms with E-state index in [1.165, 1.54) is 0 Å². The fourth-order valence-corrected chi connectivity index (χ4v) is 2.12. The molecule has 0 atom stereocenters. The minimum absolute atomic E-state index is 0.284. The van der Waals surface area contributed by atoms with Crippen LogP contribution in [0.2, 0.25) is 5.02 Å². The highest BCUT2D eigenvalue weighted by molar-refractivity contribution is 6.33. The Bertz CT molecular complexity index is 749. The van der Waals surface area contributed by atoms with Crippen LogP contribution in [0.5, 0.6) is 0 Å². The number of hydrogen-bond donors (Lipinski definition) is 1. The first-order valence-corrected chi connectivity index (χ1v) is 6.34. The van der Waals surface area contributed by atoms with Crippen LogP contribution in [0.15, 0.2) is 41.1 Å². The van der Waals surface area contributed by atoms with Gasteiger partial charge in [-0.1, -0.05) is 22.8 Å². The molecule has 3 aromatic rings. The molecule has 0 aliphatic heterocycles. The topological polar surface area (TPSA) is 77.8 Å². The maximum Gasteiger partial charge on any atom is 0.261 e. The van der Waals surface area contributed by atoms with Crippen LogP contribution in [0.25, 0.3) is 23.0 Å². The van der Waals surface area contributed by atoms with Gasteiger partial charge in [0.1, 0.15) is 5.69 Å². The summed E-state index contributed by atoms with van der Waals surface area (Å²) in [5, 5.41) is 4.39. The third-order valence-electron chi connectivity index (χ3n) is 2.83. The Balaban J connectivity index is 2.07. The predicted molar refractivity (Wildman–Crippen MR) is 77.1 cm³/mol. The van der Waals surface area contributed by atoms with Gasteiger partial charge in [0.2, 0.25) is 5.82 Å². The lowest BCUT2D eigenvalue weighted by Crippen LogP contribution is -1.91. The number of rotatable bonds is 2. The molecule has 6 heteroatoms. The van der Waals surface area contributed by atoms with Crippen LogP contribution in [0, 0.1) is 6.92 Å². The van der Waals surface area contributed by atoms with E-state index in [9.17, 15) is 0 Å². The lowest BCUT2D eigenvalue weighted by atomic mass is 10.2. The van der Waals surface area contributed by atoms with E-state index in [0.29, 0.717) is 27.8 Å². The summed E-state index contributed by atoms with van der Waals surface area (Å²) in [4.78, 5) is 8.52. The molecule has 2 heterocycles. The summed E-state index contributed by atoms with van der Waals surface area (Å²) in [6, 6.07) is 9.00. The van der Waals surface area contributed by atoms with Gasteiger partial charge in [0.15, 0.2) is 0 Å². The minimum atomic E-state index is 0.284. The summed E-state index contributed by atoms with van der Waals surface area (Å²) in [5.74, 6) is 0.689. The van der Waals surface area contributed by atoms with Gasteiger partial charge in [0, 0.05) is 11.9 Å². The molecule has 3 rings (SSSR count). The summed E-state index contributed by atoms with van der Waals surface area (Å²) in [7, 11) is 0. The van der Waals surface area contributed by atoms with Crippen LogP contribution in [-0.4, -0.2) is 15.1 Å². The smallest absolute Gasteiger partial charge is 0.261 e. The van der Waals surface area contributed by atoms with Gasteiger partial charge in [-0.15, -0.1) is 0 Å². The van der Waals surface area contributed by atoms with E-state index in [1.807, 2.05) is 19.1 Å². The molecule has 0 spiro atoms. The van der Waals surface area contributed by atoms with Crippen molar-refractivity contribution < 1.29 is 4.52 Å². The number of pyridine rings is 1. The fraction of sp³-hybridized carbons (Fsp3) is 0.0714. The van der Waals surface area contributed by atoms with E-state index < -0.39 is 0 Å². The van der Waals surface area contributed by atoms with Crippen LogP contribution in [0.4, 0.5) is 5.69 Å². The van der Waals surface area contributed by atoms with Crippen molar-refractivity contribution in [2.45, 2.75) is 6.92 Å². The van der Waals surface area contributed by atoms with Crippen molar-refractivity contribution in [1.82, 2.24) is 15.1 Å². The maximum atomic E-state index is 6.12. The van der Waals surface area contributed by atoms with Crippen LogP contribution in [0.3, 0.4) is 0 Å². The van der Waals surface area contributed by atoms with Crippen molar-refractivity contribution in [3.05, 3.63) is 47.1 Å². The number of anilines is 1. The van der Waals surface area contributed by atoms with Gasteiger partial charge in [-0.3, -0.25) is 4.98 Å². The molecule has 0 saturated heterocycles. The van der Waals surface area contributed by atoms with E-state index in [1.54, 1.807) is 24.4 Å². The van der Waals surface area contributed by atoms with Crippen LogP contribution >= 0.6 is 11.6 Å². The van der Waals surface area contributed by atoms with Gasteiger partial charge < -0.3 is 10.3 Å². The van der Waals surface area contributed by atoms with Crippen molar-refractivity contribution >= 4 is 17.3 Å². The predicted octanol–water partition coefficient (Wildman–Crippen LogP) is 3.34. The number of nitrogen functional groups attached to an aromatic ring is 1. The van der Waals surface area contributed by atoms with Gasteiger partial charge in [0.25, 0.3) is 5.89 Å². The number of nitrogens with zero attached hydrogens (tertiary/aromatic N) is 3. The Morgan fingerprint density at radius 3 is 2.85 bits per heavy atom. The molecule has 100 valence electrons. The first kappa shape index (κ1) is 12.6. The molecule has 0 amide bonds. The Kier molecular flexibility index (Phi) is 3.12. The minimum Gasteiger partial charge on any atom is -0.398 e. The molecule has 0 aliphatic rings. The van der Waals surface area contributed by atoms with Gasteiger partial charge in [-0.2, -0.15) is 4.98 Å². The van der Waals surface area contributed by atoms with Gasteiger partial charge >= 0.3 is 0 Å². The van der Waals surface area contributed by atoms with E-state index in [-0.39, 0.29) is 5.89 Å². The zero-order chi connectivity index (χ0) is 14.1. The molecule has 1 aromatic carbocycles. The maximum absolute atomic E-state index is 6.12. The summed E-state index contributed by atoms with van der Waals surface area (Å²) < 4.78 is 5.24. The highest BCUT2D eigenvalue weighted by atomic mass is 35.5. The largest absolute Gasteiger partial charge is 0.398 e. The van der Waals surface area contributed by atoms with Crippen molar-refractivity contribution in [3.8, 4) is 23.0 Å². The molecule has 0 aliphatic carbocycles. The third-order valence-corrected chi connectivity index (χ3v) is 3.15. The second kappa shape index (κ2) is 4.94. The Morgan fingerprint density at radius 2 is 2.10 bits per heavy atom. The number of aromatic nitrogens is 3. The zero-order valence-corrected chi connectivity index (χ0v) is 11.4. The molecule has 0 unspecified atom stereocenters. The molecule has 0 radical (unpaired) electrons. The summed E-state index contributed by atoms with van der Waals surface area (Å²) in [6.45, 7) is 1.97. The lowest BCUT2D eigenvalue weighted by Gasteiger charge is -2.01. The normalized spacial score (nSPS) is 10.7. The summed E-state index contributed by atoms with van der Waals surface area (Å²) in [5.41, 5.74) is 8.64. The number of benzene rings is 1. The van der Waals surface area contributed by atoms with Crippen molar-refractivity contribution in [3.63, 3.8) is 0 Å². The number of aryl methyl sites for hydroxylation is 1. The zero-order valence-electron chi connectivity index (χ0n) is 10.7. The van der Waals surface area contributed by atoms with E-state index >= 15 is 0 Å². The molecule has 0 saturated carbocycles. The molecule has 2 N–H and O–H groups in total. The number of nitrogens with two attached hydrogens (primary N) is 1. The average Bonchev–Trinajstić information content (AvgIpc) is 2.88. The Hall–Kier alpha value is -2.40. The molecule has 0 bridgehead atoms. The summed E-state index contributed by atoms with van der Waals surface area (Å²) >= 11 is 6.12. The molecule has 0 fully saturated rings. The van der Waals surface area contributed by atoms with E-state index in [4.69, 9.17) is 21.9 Å². The molecular formula is C14H11ClN4O. The van der Waals surface area contributed by atoms with E-state index in [2.05, 4.69) is 15.1 Å². The fourth-order valence-electron chi connectivity index (χ4n) is 1.85. The van der Waals surface area contributed by atoms with Crippen molar-refractivity contribution in [2.24, 2.45) is 0 Å². The SMILES string of the molecule is Cc1ccnc(-c2noc(-c3c(N)cccc3Cl)n2)c1. The Morgan fingerprint density at radius 1 is 1.25 bits per heavy atom.